The molecule has 2 N–H and O–H groups in total. The standard InChI is InChI=1S/C17H25N5O3/c1-14(23)17(16(24)25,21-8-6-19-7-9-21)22-12-10-20(11-13-22)15-2-4-18-5-3-15/h2-5,19H,6-13H2,1H3,(H,24,25). The predicted octanol–water partition coefficient (Wildman–Crippen LogP) is -0.521. The number of piperazine rings is 2. The molecule has 1 aromatic rings. The number of hydrogen-bond donors (Lipinski definition) is 2. The Morgan fingerprint density at radius 1 is 1.04 bits per heavy atom. The maximum Gasteiger partial charge on any atom is 0.347 e. The summed E-state index contributed by atoms with van der Waals surface area (Å²) in [5.74, 6) is -1.39. The summed E-state index contributed by atoms with van der Waals surface area (Å²) >= 11 is 0. The Kier molecular flexibility index (Phi) is 5.31. The molecule has 2 fully saturated rings. The molecule has 0 radical (unpaired) electrons. The van der Waals surface area contributed by atoms with Crippen molar-refractivity contribution in [3.63, 3.8) is 0 Å². The van der Waals surface area contributed by atoms with Crippen LogP contribution in [0.5, 0.6) is 0 Å². The van der Waals surface area contributed by atoms with Crippen LogP contribution in [0.3, 0.4) is 0 Å². The number of rotatable bonds is 5. The Hall–Kier alpha value is -2.03. The highest BCUT2D eigenvalue weighted by Crippen LogP contribution is 2.26. The Labute approximate surface area is 147 Å². The highest BCUT2D eigenvalue weighted by atomic mass is 16.4. The minimum atomic E-state index is -1.56. The lowest BCUT2D eigenvalue weighted by Gasteiger charge is -2.50. The molecule has 8 heteroatoms. The van der Waals surface area contributed by atoms with Gasteiger partial charge in [-0.25, -0.2) is 4.79 Å². The van der Waals surface area contributed by atoms with E-state index in [0.29, 0.717) is 52.4 Å². The number of nitrogens with zero attached hydrogens (tertiary/aromatic N) is 4. The van der Waals surface area contributed by atoms with Crippen molar-refractivity contribution in [3.05, 3.63) is 24.5 Å². The number of nitrogens with one attached hydrogen (secondary N) is 1. The van der Waals surface area contributed by atoms with Gasteiger partial charge in [0, 0.05) is 70.4 Å². The van der Waals surface area contributed by atoms with Gasteiger partial charge in [-0.1, -0.05) is 0 Å². The Morgan fingerprint density at radius 3 is 2.12 bits per heavy atom. The molecule has 0 bridgehead atoms. The summed E-state index contributed by atoms with van der Waals surface area (Å²) in [6.45, 7) is 6.30. The molecular weight excluding hydrogens is 322 g/mol. The van der Waals surface area contributed by atoms with Gasteiger partial charge in [0.15, 0.2) is 5.78 Å². The highest BCUT2D eigenvalue weighted by molar-refractivity contribution is 6.06. The van der Waals surface area contributed by atoms with E-state index in [1.807, 2.05) is 21.9 Å². The van der Waals surface area contributed by atoms with Crippen LogP contribution in [-0.4, -0.2) is 89.7 Å². The zero-order valence-electron chi connectivity index (χ0n) is 14.5. The van der Waals surface area contributed by atoms with E-state index in [9.17, 15) is 14.7 Å². The van der Waals surface area contributed by atoms with Crippen molar-refractivity contribution in [1.29, 1.82) is 0 Å². The number of hydrogen-bond acceptors (Lipinski definition) is 7. The summed E-state index contributed by atoms with van der Waals surface area (Å²) in [5, 5.41) is 13.3. The first-order valence-corrected chi connectivity index (χ1v) is 8.67. The number of carboxylic acids is 1. The second-order valence-corrected chi connectivity index (χ2v) is 6.45. The maximum atomic E-state index is 12.6. The molecule has 3 rings (SSSR count). The number of pyridine rings is 1. The Morgan fingerprint density at radius 2 is 1.60 bits per heavy atom. The molecule has 2 saturated heterocycles. The van der Waals surface area contributed by atoms with E-state index in [2.05, 4.69) is 15.2 Å². The van der Waals surface area contributed by atoms with Gasteiger partial charge in [0.1, 0.15) is 0 Å². The van der Waals surface area contributed by atoms with E-state index in [1.165, 1.54) is 6.92 Å². The van der Waals surface area contributed by atoms with E-state index in [-0.39, 0.29) is 5.78 Å². The van der Waals surface area contributed by atoms with Gasteiger partial charge in [0.05, 0.1) is 0 Å². The van der Waals surface area contributed by atoms with Crippen LogP contribution in [0.2, 0.25) is 0 Å². The summed E-state index contributed by atoms with van der Waals surface area (Å²) in [7, 11) is 0. The molecule has 2 aliphatic rings. The molecule has 1 unspecified atom stereocenters. The first-order valence-electron chi connectivity index (χ1n) is 8.67. The van der Waals surface area contributed by atoms with Crippen LogP contribution in [0.15, 0.2) is 24.5 Å². The lowest BCUT2D eigenvalue weighted by atomic mass is 9.98. The number of anilines is 1. The van der Waals surface area contributed by atoms with Crippen LogP contribution in [-0.2, 0) is 9.59 Å². The Balaban J connectivity index is 1.81. The number of carbonyl (C=O) groups excluding carboxylic acids is 1. The van der Waals surface area contributed by atoms with E-state index < -0.39 is 11.6 Å². The smallest absolute Gasteiger partial charge is 0.347 e. The van der Waals surface area contributed by atoms with Gasteiger partial charge >= 0.3 is 5.97 Å². The summed E-state index contributed by atoms with van der Waals surface area (Å²) in [4.78, 5) is 34.7. The molecule has 0 aliphatic carbocycles. The van der Waals surface area contributed by atoms with Gasteiger partial charge < -0.3 is 15.3 Å². The molecule has 0 aromatic carbocycles. The van der Waals surface area contributed by atoms with Gasteiger partial charge in [-0.15, -0.1) is 0 Å². The van der Waals surface area contributed by atoms with E-state index in [0.717, 1.165) is 5.69 Å². The number of aliphatic carboxylic acids is 1. The fourth-order valence-corrected chi connectivity index (χ4v) is 3.90. The molecule has 0 amide bonds. The van der Waals surface area contributed by atoms with Gasteiger partial charge in [0.25, 0.3) is 0 Å². The third-order valence-corrected chi connectivity index (χ3v) is 5.13. The predicted molar refractivity (Wildman–Crippen MR) is 93.5 cm³/mol. The van der Waals surface area contributed by atoms with Gasteiger partial charge in [-0.2, -0.15) is 0 Å². The summed E-state index contributed by atoms with van der Waals surface area (Å²) in [5.41, 5.74) is -0.493. The number of carboxylic acid groups (broad SMARTS) is 1. The second kappa shape index (κ2) is 7.47. The van der Waals surface area contributed by atoms with E-state index in [4.69, 9.17) is 0 Å². The van der Waals surface area contributed by atoms with E-state index in [1.54, 1.807) is 12.4 Å². The zero-order valence-corrected chi connectivity index (χ0v) is 14.5. The van der Waals surface area contributed by atoms with Crippen molar-refractivity contribution in [2.24, 2.45) is 0 Å². The van der Waals surface area contributed by atoms with Crippen LogP contribution < -0.4 is 10.2 Å². The van der Waals surface area contributed by atoms with E-state index >= 15 is 0 Å². The van der Waals surface area contributed by atoms with Crippen molar-refractivity contribution in [2.75, 3.05) is 57.3 Å². The molecule has 1 atom stereocenters. The Bertz CT molecular complexity index is 596. The summed E-state index contributed by atoms with van der Waals surface area (Å²) in [6, 6.07) is 3.89. The number of carbonyl (C=O) groups is 2. The van der Waals surface area contributed by atoms with Gasteiger partial charge in [-0.3, -0.25) is 19.6 Å². The molecule has 2 aliphatic heterocycles. The van der Waals surface area contributed by atoms with Crippen LogP contribution >= 0.6 is 0 Å². The number of aromatic nitrogens is 1. The highest BCUT2D eigenvalue weighted by Gasteiger charge is 2.54. The van der Waals surface area contributed by atoms with Crippen LogP contribution in [0.1, 0.15) is 6.92 Å². The van der Waals surface area contributed by atoms with Gasteiger partial charge in [0.2, 0.25) is 5.66 Å². The lowest BCUT2D eigenvalue weighted by molar-refractivity contribution is -0.175. The molecular formula is C17H25N5O3. The SMILES string of the molecule is CC(=O)C(C(=O)O)(N1CCNCC1)N1CCN(c2ccncc2)CC1. The molecule has 25 heavy (non-hydrogen) atoms. The van der Waals surface area contributed by atoms with Crippen molar-refractivity contribution in [3.8, 4) is 0 Å². The zero-order chi connectivity index (χ0) is 17.9. The number of Topliss-reactive ketones (excluding diaryl/α,β-unsaturated/α-hetero) is 1. The van der Waals surface area contributed by atoms with Crippen molar-refractivity contribution >= 4 is 17.4 Å². The maximum absolute atomic E-state index is 12.6. The molecule has 0 spiro atoms. The van der Waals surface area contributed by atoms with Crippen LogP contribution in [0, 0.1) is 0 Å². The normalized spacial score (nSPS) is 22.4. The van der Waals surface area contributed by atoms with Crippen molar-refractivity contribution < 1.29 is 14.7 Å². The van der Waals surface area contributed by atoms with Gasteiger partial charge in [-0.05, 0) is 19.1 Å². The largest absolute Gasteiger partial charge is 0.479 e. The summed E-state index contributed by atoms with van der Waals surface area (Å²) < 4.78 is 0. The van der Waals surface area contributed by atoms with Crippen molar-refractivity contribution in [1.82, 2.24) is 20.1 Å². The molecule has 0 saturated carbocycles. The molecule has 3 heterocycles. The lowest BCUT2D eigenvalue weighted by Crippen LogP contribution is -2.74. The van der Waals surface area contributed by atoms with Crippen LogP contribution in [0.25, 0.3) is 0 Å². The monoisotopic (exact) mass is 347 g/mol. The minimum absolute atomic E-state index is 0.320. The average molecular weight is 347 g/mol. The minimum Gasteiger partial charge on any atom is -0.479 e. The first kappa shape index (κ1) is 17.8. The second-order valence-electron chi connectivity index (χ2n) is 6.45. The molecule has 136 valence electrons. The van der Waals surface area contributed by atoms with Crippen molar-refractivity contribution in [2.45, 2.75) is 12.6 Å². The fourth-order valence-electron chi connectivity index (χ4n) is 3.90. The fraction of sp³-hybridized carbons (Fsp3) is 0.588. The third kappa shape index (κ3) is 3.24. The number of ketones is 1. The third-order valence-electron chi connectivity index (χ3n) is 5.13. The molecule has 1 aromatic heterocycles. The topological polar surface area (TPSA) is 89.0 Å². The quantitative estimate of drug-likeness (QED) is 0.688. The first-order chi connectivity index (χ1) is 12.1. The summed E-state index contributed by atoms with van der Waals surface area (Å²) in [6.07, 6.45) is 3.50. The van der Waals surface area contributed by atoms with Crippen LogP contribution in [0.4, 0.5) is 5.69 Å². The average Bonchev–Trinajstić information content (AvgIpc) is 2.64. The molecule has 8 nitrogen and oxygen atoms in total.